The highest BCUT2D eigenvalue weighted by molar-refractivity contribution is 5.76. The van der Waals surface area contributed by atoms with Gasteiger partial charge in [0, 0.05) is 32.7 Å². The molecule has 3 rings (SSSR count). The zero-order chi connectivity index (χ0) is 21.7. The van der Waals surface area contributed by atoms with Crippen molar-refractivity contribution in [3.63, 3.8) is 0 Å². The second kappa shape index (κ2) is 10.1. The molecule has 1 aliphatic carbocycles. The van der Waals surface area contributed by atoms with Gasteiger partial charge in [0.25, 0.3) is 5.56 Å². The van der Waals surface area contributed by atoms with Crippen LogP contribution < -0.4 is 21.9 Å². The number of carbonyl (C=O) groups is 1. The van der Waals surface area contributed by atoms with Crippen molar-refractivity contribution in [3.05, 3.63) is 20.8 Å². The number of unbranched alkanes of at least 4 members (excludes halogenated alkanes) is 1. The van der Waals surface area contributed by atoms with Crippen LogP contribution in [0.3, 0.4) is 0 Å². The van der Waals surface area contributed by atoms with E-state index in [2.05, 4.69) is 0 Å². The van der Waals surface area contributed by atoms with E-state index >= 15 is 0 Å². The average molecular weight is 422 g/mol. The van der Waals surface area contributed by atoms with Crippen LogP contribution in [-0.4, -0.2) is 59.3 Å². The zero-order valence-electron chi connectivity index (χ0n) is 18.3. The Labute approximate surface area is 177 Å². The monoisotopic (exact) mass is 421 g/mol. The maximum atomic E-state index is 13.3. The summed E-state index contributed by atoms with van der Waals surface area (Å²) in [5.41, 5.74) is 5.62. The number of likely N-dealkylation sites (N-methyl/N-ethyl adjacent to an activating group) is 1. The highest BCUT2D eigenvalue weighted by Gasteiger charge is 2.27. The number of nitrogens with two attached hydrogens (primary N) is 1. The van der Waals surface area contributed by atoms with E-state index < -0.39 is 11.2 Å². The minimum Gasteiger partial charge on any atom is -0.383 e. The van der Waals surface area contributed by atoms with Crippen molar-refractivity contribution in [2.24, 2.45) is 0 Å². The number of hydrogen-bond donors (Lipinski definition) is 1. The number of nitrogen functional groups attached to an aromatic ring is 1. The van der Waals surface area contributed by atoms with Crippen molar-refractivity contribution in [3.8, 4) is 0 Å². The molecule has 1 aromatic heterocycles. The number of anilines is 2. The highest BCUT2D eigenvalue weighted by atomic mass is 16.5. The predicted octanol–water partition coefficient (Wildman–Crippen LogP) is 1.02. The van der Waals surface area contributed by atoms with Crippen LogP contribution in [-0.2, 0) is 22.6 Å². The molecule has 30 heavy (non-hydrogen) atoms. The van der Waals surface area contributed by atoms with Crippen LogP contribution in [0.2, 0.25) is 0 Å². The van der Waals surface area contributed by atoms with Crippen molar-refractivity contribution in [1.29, 1.82) is 0 Å². The minimum absolute atomic E-state index is 0.178. The van der Waals surface area contributed by atoms with Gasteiger partial charge in [-0.15, -0.1) is 0 Å². The topological polar surface area (TPSA) is 103 Å². The van der Waals surface area contributed by atoms with Crippen molar-refractivity contribution in [2.75, 3.05) is 44.0 Å². The lowest BCUT2D eigenvalue weighted by Gasteiger charge is -2.32. The van der Waals surface area contributed by atoms with E-state index in [9.17, 15) is 14.4 Å². The molecular formula is C21H35N5O4. The number of ether oxygens (including phenoxy) is 1. The number of nitrogens with zero attached hydrogens (tertiary/aromatic N) is 4. The van der Waals surface area contributed by atoms with Gasteiger partial charge in [0.2, 0.25) is 5.91 Å². The molecule has 0 spiro atoms. The summed E-state index contributed by atoms with van der Waals surface area (Å²) >= 11 is 0. The Morgan fingerprint density at radius 1 is 1.13 bits per heavy atom. The normalized spacial score (nSPS) is 17.9. The Kier molecular flexibility index (Phi) is 7.58. The first-order valence-corrected chi connectivity index (χ1v) is 11.2. The molecule has 0 radical (unpaired) electrons. The third kappa shape index (κ3) is 4.71. The molecule has 0 aromatic carbocycles. The molecule has 1 saturated carbocycles. The molecule has 2 heterocycles. The fraction of sp³-hybridized carbons (Fsp3) is 0.762. The molecule has 2 aliphatic rings. The van der Waals surface area contributed by atoms with Crippen LogP contribution in [0, 0.1) is 0 Å². The molecule has 1 aromatic rings. The van der Waals surface area contributed by atoms with Crippen LogP contribution in [0.25, 0.3) is 0 Å². The quantitative estimate of drug-likeness (QED) is 0.705. The van der Waals surface area contributed by atoms with E-state index in [1.165, 1.54) is 11.0 Å². The standard InChI is InChI=1S/C21H35N5O4/c1-3-4-10-25-19(22)18(24-11-13-30-14-12-24)20(28)26(21(25)29)15-17(27)23(2)16-8-6-5-7-9-16/h16H,3-15,22H2,1-2H3. The van der Waals surface area contributed by atoms with Crippen LogP contribution in [0.4, 0.5) is 11.5 Å². The second-order valence-electron chi connectivity index (χ2n) is 8.31. The fourth-order valence-corrected chi connectivity index (χ4v) is 4.38. The van der Waals surface area contributed by atoms with Gasteiger partial charge in [0.05, 0.1) is 13.2 Å². The van der Waals surface area contributed by atoms with Crippen molar-refractivity contribution in [1.82, 2.24) is 14.0 Å². The summed E-state index contributed by atoms with van der Waals surface area (Å²) in [6.07, 6.45) is 7.00. The lowest BCUT2D eigenvalue weighted by atomic mass is 9.94. The van der Waals surface area contributed by atoms with Gasteiger partial charge in [-0.1, -0.05) is 32.6 Å². The molecule has 2 fully saturated rings. The highest BCUT2D eigenvalue weighted by Crippen LogP contribution is 2.22. The molecular weight excluding hydrogens is 386 g/mol. The van der Waals surface area contributed by atoms with Crippen molar-refractivity contribution in [2.45, 2.75) is 71.0 Å². The van der Waals surface area contributed by atoms with Crippen LogP contribution in [0.15, 0.2) is 9.59 Å². The van der Waals surface area contributed by atoms with Gasteiger partial charge in [0.1, 0.15) is 18.1 Å². The van der Waals surface area contributed by atoms with Crippen molar-refractivity contribution >= 4 is 17.4 Å². The Balaban J connectivity index is 1.96. The lowest BCUT2D eigenvalue weighted by Crippen LogP contribution is -2.50. The van der Waals surface area contributed by atoms with Crippen LogP contribution in [0.5, 0.6) is 0 Å². The Morgan fingerprint density at radius 2 is 1.80 bits per heavy atom. The summed E-state index contributed by atoms with van der Waals surface area (Å²) in [5, 5.41) is 0. The zero-order valence-corrected chi connectivity index (χ0v) is 18.3. The molecule has 1 saturated heterocycles. The minimum atomic E-state index is -0.506. The smallest absolute Gasteiger partial charge is 0.333 e. The third-order valence-corrected chi connectivity index (χ3v) is 6.31. The maximum Gasteiger partial charge on any atom is 0.333 e. The summed E-state index contributed by atoms with van der Waals surface area (Å²) in [5.74, 6) is -0.0227. The van der Waals surface area contributed by atoms with Gasteiger partial charge in [0.15, 0.2) is 0 Å². The number of rotatable bonds is 7. The molecule has 0 unspecified atom stereocenters. The molecule has 0 atom stereocenters. The molecule has 168 valence electrons. The Bertz CT molecular complexity index is 850. The summed E-state index contributed by atoms with van der Waals surface area (Å²) in [6.45, 7) is 4.25. The van der Waals surface area contributed by atoms with Gasteiger partial charge in [-0.3, -0.25) is 14.2 Å². The maximum absolute atomic E-state index is 13.3. The van der Waals surface area contributed by atoms with Gasteiger partial charge in [-0.2, -0.15) is 0 Å². The van der Waals surface area contributed by atoms with Gasteiger partial charge >= 0.3 is 5.69 Å². The van der Waals surface area contributed by atoms with Crippen LogP contribution >= 0.6 is 0 Å². The molecule has 9 heteroatoms. The van der Waals surface area contributed by atoms with Gasteiger partial charge in [-0.25, -0.2) is 9.36 Å². The summed E-state index contributed by atoms with van der Waals surface area (Å²) in [4.78, 5) is 43.0. The van der Waals surface area contributed by atoms with Gasteiger partial charge < -0.3 is 20.3 Å². The third-order valence-electron chi connectivity index (χ3n) is 6.31. The van der Waals surface area contributed by atoms with E-state index in [1.807, 2.05) is 11.8 Å². The molecule has 1 aliphatic heterocycles. The summed E-state index contributed by atoms with van der Waals surface area (Å²) in [6, 6.07) is 0.178. The molecule has 2 N–H and O–H groups in total. The van der Waals surface area contributed by atoms with Crippen LogP contribution in [0.1, 0.15) is 51.9 Å². The number of carbonyl (C=O) groups excluding carboxylic acids is 1. The largest absolute Gasteiger partial charge is 0.383 e. The van der Waals surface area contributed by atoms with E-state index in [1.54, 1.807) is 11.9 Å². The average Bonchev–Trinajstić information content (AvgIpc) is 2.77. The van der Waals surface area contributed by atoms with E-state index in [4.69, 9.17) is 10.5 Å². The van der Waals surface area contributed by atoms with Gasteiger partial charge in [-0.05, 0) is 19.3 Å². The first-order chi connectivity index (χ1) is 14.5. The number of aromatic nitrogens is 2. The number of hydrogen-bond acceptors (Lipinski definition) is 6. The fourth-order valence-electron chi connectivity index (χ4n) is 4.38. The molecule has 1 amide bonds. The first kappa shape index (κ1) is 22.4. The summed E-state index contributed by atoms with van der Waals surface area (Å²) in [7, 11) is 1.78. The van der Waals surface area contributed by atoms with E-state index in [-0.39, 0.29) is 24.3 Å². The van der Waals surface area contributed by atoms with E-state index in [0.29, 0.717) is 38.5 Å². The number of morpholine rings is 1. The molecule has 0 bridgehead atoms. The number of amides is 1. The second-order valence-corrected chi connectivity index (χ2v) is 8.31. The Morgan fingerprint density at radius 3 is 2.43 bits per heavy atom. The van der Waals surface area contributed by atoms with Crippen molar-refractivity contribution < 1.29 is 9.53 Å². The Hall–Kier alpha value is -2.29. The summed E-state index contributed by atoms with van der Waals surface area (Å²) < 4.78 is 7.91. The predicted molar refractivity (Wildman–Crippen MR) is 117 cm³/mol. The van der Waals surface area contributed by atoms with E-state index in [0.717, 1.165) is 43.1 Å². The molecule has 9 nitrogen and oxygen atoms in total. The first-order valence-electron chi connectivity index (χ1n) is 11.2. The lowest BCUT2D eigenvalue weighted by molar-refractivity contribution is -0.133. The SMILES string of the molecule is CCCCn1c(N)c(N2CCOCC2)c(=O)n(CC(=O)N(C)C2CCCCC2)c1=O.